The predicted molar refractivity (Wildman–Crippen MR) is 105 cm³/mol. The van der Waals surface area contributed by atoms with Crippen LogP contribution in [0, 0.1) is 5.92 Å². The van der Waals surface area contributed by atoms with Crippen LogP contribution in [0.25, 0.3) is 0 Å². The van der Waals surface area contributed by atoms with E-state index in [0.29, 0.717) is 35.7 Å². The number of piperidine rings is 1. The zero-order valence-electron chi connectivity index (χ0n) is 16.1. The van der Waals surface area contributed by atoms with Crippen molar-refractivity contribution in [2.45, 2.75) is 65.3 Å². The standard InChI is InChI=1S/C20H30N2O3S/c1-4-25-20(24)18-15-9-8-13(2)11-16(15)26-19(18)21-17(23)12-22-10-6-5-7-14(22)3/h13-14H,4-12H2,1-3H3,(H,21,23). The van der Waals surface area contributed by atoms with Crippen LogP contribution < -0.4 is 5.32 Å². The Kier molecular flexibility index (Phi) is 6.35. The molecule has 1 aliphatic heterocycles. The molecule has 3 rings (SSSR count). The number of ether oxygens (including phenoxy) is 1. The fourth-order valence-electron chi connectivity index (χ4n) is 4.00. The van der Waals surface area contributed by atoms with E-state index in [0.717, 1.165) is 44.2 Å². The van der Waals surface area contributed by atoms with Crippen molar-refractivity contribution < 1.29 is 14.3 Å². The number of hydrogen-bond acceptors (Lipinski definition) is 5. The quantitative estimate of drug-likeness (QED) is 0.791. The lowest BCUT2D eigenvalue weighted by molar-refractivity contribution is -0.118. The number of rotatable bonds is 5. The molecule has 5 nitrogen and oxygen atoms in total. The molecule has 0 aromatic carbocycles. The molecule has 0 saturated carbocycles. The minimum Gasteiger partial charge on any atom is -0.462 e. The van der Waals surface area contributed by atoms with Gasteiger partial charge >= 0.3 is 5.97 Å². The molecular formula is C20H30N2O3S. The van der Waals surface area contributed by atoms with Crippen molar-refractivity contribution in [1.29, 1.82) is 0 Å². The van der Waals surface area contributed by atoms with Gasteiger partial charge in [0.2, 0.25) is 5.91 Å². The normalized spacial score (nSPS) is 23.3. The Labute approximate surface area is 160 Å². The van der Waals surface area contributed by atoms with Gasteiger partial charge in [0.1, 0.15) is 5.00 Å². The molecule has 0 spiro atoms. The second-order valence-corrected chi connectivity index (χ2v) is 8.74. The maximum absolute atomic E-state index is 12.6. The Bertz CT molecular complexity index is 670. The molecule has 144 valence electrons. The predicted octanol–water partition coefficient (Wildman–Crippen LogP) is 3.86. The Morgan fingerprint density at radius 1 is 1.27 bits per heavy atom. The van der Waals surface area contributed by atoms with Gasteiger partial charge in [-0.1, -0.05) is 13.3 Å². The van der Waals surface area contributed by atoms with Crippen molar-refractivity contribution in [1.82, 2.24) is 4.90 Å². The number of amides is 1. The second-order valence-electron chi connectivity index (χ2n) is 7.64. The highest BCUT2D eigenvalue weighted by Crippen LogP contribution is 2.40. The summed E-state index contributed by atoms with van der Waals surface area (Å²) in [5.74, 6) is 0.283. The SMILES string of the molecule is CCOC(=O)c1c(NC(=O)CN2CCCCC2C)sc2c1CCC(C)C2. The Morgan fingerprint density at radius 3 is 2.81 bits per heavy atom. The summed E-state index contributed by atoms with van der Waals surface area (Å²) < 4.78 is 5.27. The van der Waals surface area contributed by atoms with Gasteiger partial charge in [-0.3, -0.25) is 9.69 Å². The topological polar surface area (TPSA) is 58.6 Å². The third-order valence-electron chi connectivity index (χ3n) is 5.53. The van der Waals surface area contributed by atoms with E-state index in [-0.39, 0.29) is 11.9 Å². The van der Waals surface area contributed by atoms with Gasteiger partial charge in [0.05, 0.1) is 18.7 Å². The van der Waals surface area contributed by atoms with Crippen molar-refractivity contribution in [2.75, 3.05) is 25.0 Å². The van der Waals surface area contributed by atoms with E-state index in [9.17, 15) is 9.59 Å². The first-order valence-corrected chi connectivity index (χ1v) is 10.7. The molecule has 1 fully saturated rings. The van der Waals surface area contributed by atoms with E-state index < -0.39 is 0 Å². The molecule has 2 unspecified atom stereocenters. The summed E-state index contributed by atoms with van der Waals surface area (Å²) in [4.78, 5) is 28.6. The number of nitrogens with one attached hydrogen (secondary N) is 1. The molecule has 0 radical (unpaired) electrons. The zero-order chi connectivity index (χ0) is 18.7. The highest BCUT2D eigenvalue weighted by atomic mass is 32.1. The Balaban J connectivity index is 1.77. The highest BCUT2D eigenvalue weighted by molar-refractivity contribution is 7.17. The molecule has 2 heterocycles. The number of carbonyl (C=O) groups is 2. The molecule has 1 aromatic rings. The number of hydrogen-bond donors (Lipinski definition) is 1. The number of thiophene rings is 1. The molecule has 1 saturated heterocycles. The smallest absolute Gasteiger partial charge is 0.341 e. The van der Waals surface area contributed by atoms with E-state index in [2.05, 4.69) is 24.1 Å². The molecule has 1 N–H and O–H groups in total. The zero-order valence-corrected chi connectivity index (χ0v) is 16.9. The third kappa shape index (κ3) is 4.29. The highest BCUT2D eigenvalue weighted by Gasteiger charge is 2.29. The van der Waals surface area contributed by atoms with E-state index in [1.165, 1.54) is 11.3 Å². The van der Waals surface area contributed by atoms with Crippen LogP contribution in [-0.2, 0) is 22.4 Å². The van der Waals surface area contributed by atoms with Gasteiger partial charge in [-0.05, 0) is 64.0 Å². The van der Waals surface area contributed by atoms with E-state index in [1.54, 1.807) is 11.3 Å². The lowest BCUT2D eigenvalue weighted by Crippen LogP contribution is -2.42. The molecule has 26 heavy (non-hydrogen) atoms. The van der Waals surface area contributed by atoms with Gasteiger partial charge in [0.15, 0.2) is 0 Å². The van der Waals surface area contributed by atoms with Gasteiger partial charge in [0.25, 0.3) is 0 Å². The molecule has 1 aliphatic carbocycles. The molecule has 2 aliphatic rings. The summed E-state index contributed by atoms with van der Waals surface area (Å²) in [6, 6.07) is 0.441. The largest absolute Gasteiger partial charge is 0.462 e. The van der Waals surface area contributed by atoms with Crippen LogP contribution in [0.3, 0.4) is 0 Å². The summed E-state index contributed by atoms with van der Waals surface area (Å²) in [6.45, 7) is 7.94. The summed E-state index contributed by atoms with van der Waals surface area (Å²) >= 11 is 1.56. The lowest BCUT2D eigenvalue weighted by atomic mass is 9.88. The van der Waals surface area contributed by atoms with Crippen LogP contribution in [-0.4, -0.2) is 42.5 Å². The number of carbonyl (C=O) groups excluding carboxylic acids is 2. The fraction of sp³-hybridized carbons (Fsp3) is 0.700. The number of fused-ring (bicyclic) bond motifs is 1. The van der Waals surface area contributed by atoms with Crippen LogP contribution >= 0.6 is 11.3 Å². The molecule has 1 amide bonds. The monoisotopic (exact) mass is 378 g/mol. The first-order chi connectivity index (χ1) is 12.5. The van der Waals surface area contributed by atoms with Crippen molar-refractivity contribution >= 4 is 28.2 Å². The number of likely N-dealkylation sites (tertiary alicyclic amines) is 1. The maximum atomic E-state index is 12.6. The van der Waals surface area contributed by atoms with Gasteiger partial charge < -0.3 is 10.1 Å². The summed E-state index contributed by atoms with van der Waals surface area (Å²) in [5.41, 5.74) is 1.69. The summed E-state index contributed by atoms with van der Waals surface area (Å²) in [5, 5.41) is 3.70. The van der Waals surface area contributed by atoms with E-state index in [1.807, 2.05) is 6.92 Å². The van der Waals surface area contributed by atoms with Gasteiger partial charge in [-0.25, -0.2) is 4.79 Å². The van der Waals surface area contributed by atoms with Gasteiger partial charge in [0, 0.05) is 10.9 Å². The summed E-state index contributed by atoms with van der Waals surface area (Å²) in [6.07, 6.45) is 6.48. The fourth-order valence-corrected chi connectivity index (χ4v) is 5.42. The molecule has 0 bridgehead atoms. The second kappa shape index (κ2) is 8.53. The average molecular weight is 379 g/mol. The minimum atomic E-state index is -0.304. The number of nitrogens with zero attached hydrogens (tertiary/aromatic N) is 1. The maximum Gasteiger partial charge on any atom is 0.341 e. The molecule has 6 heteroatoms. The van der Waals surface area contributed by atoms with Crippen molar-refractivity contribution in [2.24, 2.45) is 5.92 Å². The van der Waals surface area contributed by atoms with Crippen molar-refractivity contribution in [3.8, 4) is 0 Å². The molecule has 1 aromatic heterocycles. The van der Waals surface area contributed by atoms with Crippen LogP contribution in [0.15, 0.2) is 0 Å². The van der Waals surface area contributed by atoms with Crippen LogP contribution in [0.4, 0.5) is 5.00 Å². The third-order valence-corrected chi connectivity index (χ3v) is 6.70. The van der Waals surface area contributed by atoms with Gasteiger partial charge in [-0.15, -0.1) is 11.3 Å². The van der Waals surface area contributed by atoms with Crippen molar-refractivity contribution in [3.63, 3.8) is 0 Å². The Morgan fingerprint density at radius 2 is 2.08 bits per heavy atom. The lowest BCUT2D eigenvalue weighted by Gasteiger charge is -2.32. The van der Waals surface area contributed by atoms with E-state index >= 15 is 0 Å². The average Bonchev–Trinajstić information content (AvgIpc) is 2.93. The molecular weight excluding hydrogens is 348 g/mol. The Hall–Kier alpha value is -1.40. The van der Waals surface area contributed by atoms with Gasteiger partial charge in [-0.2, -0.15) is 0 Å². The minimum absolute atomic E-state index is 0.0315. The number of esters is 1. The van der Waals surface area contributed by atoms with E-state index in [4.69, 9.17) is 4.74 Å². The summed E-state index contributed by atoms with van der Waals surface area (Å²) in [7, 11) is 0. The van der Waals surface area contributed by atoms with Crippen LogP contribution in [0.1, 0.15) is 67.3 Å². The van der Waals surface area contributed by atoms with Crippen LogP contribution in [0.2, 0.25) is 0 Å². The van der Waals surface area contributed by atoms with Crippen molar-refractivity contribution in [3.05, 3.63) is 16.0 Å². The first-order valence-electron chi connectivity index (χ1n) is 9.85. The molecule has 2 atom stereocenters. The number of anilines is 1. The van der Waals surface area contributed by atoms with Crippen LogP contribution in [0.5, 0.6) is 0 Å². The first kappa shape index (κ1) is 19.4.